The predicted octanol–water partition coefficient (Wildman–Crippen LogP) is 4.67. The first-order valence-electron chi connectivity index (χ1n) is 11.0. The van der Waals surface area contributed by atoms with Gasteiger partial charge in [0, 0.05) is 22.4 Å². The van der Waals surface area contributed by atoms with Crippen LogP contribution in [0.5, 0.6) is 0 Å². The van der Waals surface area contributed by atoms with E-state index < -0.39 is 0 Å². The fraction of sp³-hybridized carbons (Fsp3) is 0.269. The van der Waals surface area contributed by atoms with Crippen LogP contribution >= 0.6 is 11.6 Å². The molecule has 3 fully saturated rings. The van der Waals surface area contributed by atoms with Crippen LogP contribution in [0.25, 0.3) is 10.8 Å². The number of imide groups is 1. The molecule has 6 heteroatoms. The zero-order chi connectivity index (χ0) is 21.6. The predicted molar refractivity (Wildman–Crippen MR) is 121 cm³/mol. The van der Waals surface area contributed by atoms with Crippen LogP contribution in [0.4, 0.5) is 5.69 Å². The highest BCUT2D eigenvalue weighted by Crippen LogP contribution is 2.62. The molecule has 2 bridgehead atoms. The fourth-order valence-electron chi connectivity index (χ4n) is 6.59. The summed E-state index contributed by atoms with van der Waals surface area (Å²) in [5.74, 6) is -0.817. The number of hydrogen-bond acceptors (Lipinski definition) is 4. The number of anilines is 1. The lowest BCUT2D eigenvalue weighted by atomic mass is 9.71. The molecule has 0 aromatic heterocycles. The lowest BCUT2D eigenvalue weighted by Crippen LogP contribution is -2.41. The number of benzene rings is 3. The van der Waals surface area contributed by atoms with Gasteiger partial charge in [-0.05, 0) is 41.3 Å². The molecule has 3 aromatic rings. The molecule has 7 rings (SSSR count). The molecule has 2 aliphatic heterocycles. The quantitative estimate of drug-likeness (QED) is 0.542. The summed E-state index contributed by atoms with van der Waals surface area (Å²) in [6.45, 7) is 0. The van der Waals surface area contributed by atoms with Crippen molar-refractivity contribution >= 4 is 45.6 Å². The number of oxime groups is 1. The Bertz CT molecular complexity index is 1350. The van der Waals surface area contributed by atoms with Gasteiger partial charge in [0.05, 0.1) is 23.2 Å². The maximum Gasteiger partial charge on any atom is 0.238 e. The van der Waals surface area contributed by atoms with E-state index in [4.69, 9.17) is 16.4 Å². The Balaban J connectivity index is 1.26. The van der Waals surface area contributed by atoms with E-state index in [1.807, 2.05) is 66.7 Å². The second-order valence-corrected chi connectivity index (χ2v) is 9.62. The van der Waals surface area contributed by atoms with Gasteiger partial charge < -0.3 is 4.84 Å². The Hall–Kier alpha value is -3.18. The van der Waals surface area contributed by atoms with E-state index >= 15 is 0 Å². The van der Waals surface area contributed by atoms with Crippen LogP contribution in [0, 0.1) is 29.6 Å². The number of hydrogen-bond donors (Lipinski definition) is 0. The third-order valence-corrected chi connectivity index (χ3v) is 8.16. The number of amides is 2. The molecule has 6 atom stereocenters. The number of carbonyl (C=O) groups excluding carboxylic acids is 2. The summed E-state index contributed by atoms with van der Waals surface area (Å²) in [4.78, 5) is 34.4. The molecule has 4 aliphatic rings. The molecule has 0 N–H and O–H groups in total. The average molecular weight is 443 g/mol. The molecule has 2 aliphatic carbocycles. The van der Waals surface area contributed by atoms with E-state index in [9.17, 15) is 9.59 Å². The number of carbonyl (C=O) groups is 2. The maximum atomic E-state index is 13.6. The summed E-state index contributed by atoms with van der Waals surface area (Å²) in [7, 11) is 0. The van der Waals surface area contributed by atoms with Crippen molar-refractivity contribution in [2.45, 2.75) is 12.5 Å². The summed E-state index contributed by atoms with van der Waals surface area (Å²) < 4.78 is 0. The standard InChI is InChI=1S/C26H19ClN2O3/c27-19-8-4-3-7-16(19)23-22-17-12-18(24(22)32-28-23)21-20(17)25(30)29(26(21)31)15-10-9-13-5-1-2-6-14(13)11-15/h1-11,17-18,20-22,24H,12H2/t17-,18-,20-,21-,22-,24-/m1/s1. The lowest BCUT2D eigenvalue weighted by Gasteiger charge is -2.30. The molecule has 0 radical (unpaired) electrons. The van der Waals surface area contributed by atoms with E-state index in [0.29, 0.717) is 10.7 Å². The maximum absolute atomic E-state index is 13.6. The molecule has 158 valence electrons. The van der Waals surface area contributed by atoms with Crippen molar-refractivity contribution in [2.75, 3.05) is 4.90 Å². The van der Waals surface area contributed by atoms with E-state index in [1.54, 1.807) is 0 Å². The second kappa shape index (κ2) is 6.42. The summed E-state index contributed by atoms with van der Waals surface area (Å²) in [5, 5.41) is 7.10. The molecule has 3 aromatic carbocycles. The number of nitrogens with zero attached hydrogens (tertiary/aromatic N) is 2. The summed E-state index contributed by atoms with van der Waals surface area (Å²) >= 11 is 6.45. The summed E-state index contributed by atoms with van der Waals surface area (Å²) in [5.41, 5.74) is 2.32. The minimum atomic E-state index is -0.332. The molecule has 5 nitrogen and oxygen atoms in total. The highest BCUT2D eigenvalue weighted by molar-refractivity contribution is 6.34. The molecule has 2 saturated carbocycles. The van der Waals surface area contributed by atoms with Crippen LogP contribution in [0.1, 0.15) is 12.0 Å². The van der Waals surface area contributed by atoms with Crippen LogP contribution in [-0.4, -0.2) is 23.6 Å². The van der Waals surface area contributed by atoms with Crippen molar-refractivity contribution in [3.05, 3.63) is 77.3 Å². The Kier molecular flexibility index (Phi) is 3.69. The fourth-order valence-corrected chi connectivity index (χ4v) is 6.82. The summed E-state index contributed by atoms with van der Waals surface area (Å²) in [6.07, 6.45) is 0.651. The van der Waals surface area contributed by atoms with E-state index in [1.165, 1.54) is 4.90 Å². The SMILES string of the molecule is O=C1[C@@H]2[C@H]3C[C@@H]([C@H]4ON=C(c5ccccc5Cl)[C@@H]34)[C@H]2C(=O)N1c1ccc2ccccc2c1. The van der Waals surface area contributed by atoms with Gasteiger partial charge in [-0.25, -0.2) is 0 Å². The average Bonchev–Trinajstić information content (AvgIpc) is 3.54. The first-order valence-corrected chi connectivity index (χ1v) is 11.4. The topological polar surface area (TPSA) is 59.0 Å². The Morgan fingerprint density at radius 2 is 1.56 bits per heavy atom. The molecule has 2 amide bonds. The van der Waals surface area contributed by atoms with Crippen LogP contribution in [0.3, 0.4) is 0 Å². The van der Waals surface area contributed by atoms with Crippen molar-refractivity contribution in [2.24, 2.45) is 34.7 Å². The van der Waals surface area contributed by atoms with Crippen molar-refractivity contribution in [1.82, 2.24) is 0 Å². The van der Waals surface area contributed by atoms with Crippen molar-refractivity contribution in [3.8, 4) is 0 Å². The van der Waals surface area contributed by atoms with Crippen molar-refractivity contribution < 1.29 is 14.4 Å². The second-order valence-electron chi connectivity index (χ2n) is 9.21. The molecular formula is C26H19ClN2O3. The number of halogens is 1. The van der Waals surface area contributed by atoms with Gasteiger partial charge in [0.15, 0.2) is 0 Å². The highest BCUT2D eigenvalue weighted by Gasteiger charge is 2.70. The summed E-state index contributed by atoms with van der Waals surface area (Å²) in [6, 6.07) is 21.3. The normalized spacial score (nSPS) is 32.3. The van der Waals surface area contributed by atoms with Gasteiger partial charge in [-0.3, -0.25) is 14.5 Å². The number of rotatable bonds is 2. The van der Waals surface area contributed by atoms with E-state index in [2.05, 4.69) is 5.16 Å². The Morgan fingerprint density at radius 1 is 0.844 bits per heavy atom. The van der Waals surface area contributed by atoms with Gasteiger partial charge >= 0.3 is 0 Å². The van der Waals surface area contributed by atoms with Gasteiger partial charge in [0.25, 0.3) is 0 Å². The molecule has 0 unspecified atom stereocenters. The third-order valence-electron chi connectivity index (χ3n) is 7.83. The van der Waals surface area contributed by atoms with E-state index in [-0.39, 0.29) is 47.5 Å². The van der Waals surface area contributed by atoms with Gasteiger partial charge in [-0.15, -0.1) is 0 Å². The van der Waals surface area contributed by atoms with Crippen LogP contribution < -0.4 is 4.90 Å². The minimum Gasteiger partial charge on any atom is -0.391 e. The smallest absolute Gasteiger partial charge is 0.238 e. The zero-order valence-corrected chi connectivity index (χ0v) is 17.8. The monoisotopic (exact) mass is 442 g/mol. The molecule has 32 heavy (non-hydrogen) atoms. The van der Waals surface area contributed by atoms with Gasteiger partial charge in [-0.2, -0.15) is 0 Å². The van der Waals surface area contributed by atoms with Gasteiger partial charge in [-0.1, -0.05) is 65.3 Å². The van der Waals surface area contributed by atoms with Crippen LogP contribution in [-0.2, 0) is 14.4 Å². The Morgan fingerprint density at radius 3 is 2.38 bits per heavy atom. The minimum absolute atomic E-state index is 0.000596. The lowest BCUT2D eigenvalue weighted by molar-refractivity contribution is -0.125. The molecular weight excluding hydrogens is 424 g/mol. The van der Waals surface area contributed by atoms with Gasteiger partial charge in [0.2, 0.25) is 11.8 Å². The largest absolute Gasteiger partial charge is 0.391 e. The first-order chi connectivity index (χ1) is 15.6. The number of fused-ring (bicyclic) bond motifs is 9. The first kappa shape index (κ1) is 18.4. The third kappa shape index (κ3) is 2.27. The van der Waals surface area contributed by atoms with Crippen molar-refractivity contribution in [3.63, 3.8) is 0 Å². The zero-order valence-electron chi connectivity index (χ0n) is 17.0. The van der Waals surface area contributed by atoms with Crippen LogP contribution in [0.2, 0.25) is 5.02 Å². The molecule has 0 spiro atoms. The van der Waals surface area contributed by atoms with E-state index in [0.717, 1.165) is 28.5 Å². The molecule has 2 heterocycles. The molecule has 1 saturated heterocycles. The van der Waals surface area contributed by atoms with Gasteiger partial charge in [0.1, 0.15) is 6.10 Å². The van der Waals surface area contributed by atoms with Crippen molar-refractivity contribution in [1.29, 1.82) is 0 Å². The van der Waals surface area contributed by atoms with Crippen LogP contribution in [0.15, 0.2) is 71.9 Å². The Labute approximate surface area is 189 Å². The highest BCUT2D eigenvalue weighted by atomic mass is 35.5.